The molecule has 1 fully saturated rings. The van der Waals surface area contributed by atoms with Crippen molar-refractivity contribution in [2.45, 2.75) is 51.6 Å². The summed E-state index contributed by atoms with van der Waals surface area (Å²) in [5.41, 5.74) is 6.10. The van der Waals surface area contributed by atoms with Crippen LogP contribution in [0.5, 0.6) is 0 Å². The highest BCUT2D eigenvalue weighted by molar-refractivity contribution is 4.95. The molecule has 13 heavy (non-hydrogen) atoms. The maximum atomic E-state index is 5.88. The number of nitrogens with two attached hydrogens (primary N) is 1. The van der Waals surface area contributed by atoms with E-state index in [1.807, 2.05) is 0 Å². The summed E-state index contributed by atoms with van der Waals surface area (Å²) in [7, 11) is 2.23. The van der Waals surface area contributed by atoms with Crippen LogP contribution in [0.1, 0.15) is 40.0 Å². The minimum atomic E-state index is 0.218. The van der Waals surface area contributed by atoms with Gasteiger partial charge in [-0.1, -0.05) is 13.8 Å². The van der Waals surface area contributed by atoms with Crippen molar-refractivity contribution in [2.75, 3.05) is 13.6 Å². The number of likely N-dealkylation sites (N-methyl/N-ethyl adjacent to an activating group) is 1. The van der Waals surface area contributed by atoms with Gasteiger partial charge in [0.15, 0.2) is 0 Å². The quantitative estimate of drug-likeness (QED) is 0.706. The lowest BCUT2D eigenvalue weighted by Gasteiger charge is -2.39. The summed E-state index contributed by atoms with van der Waals surface area (Å²) >= 11 is 0. The highest BCUT2D eigenvalue weighted by atomic mass is 15.2. The zero-order valence-electron chi connectivity index (χ0n) is 9.51. The van der Waals surface area contributed by atoms with Gasteiger partial charge in [0.25, 0.3) is 0 Å². The topological polar surface area (TPSA) is 29.3 Å². The smallest absolute Gasteiger partial charge is 0.0305 e. The summed E-state index contributed by atoms with van der Waals surface area (Å²) in [6.07, 6.45) is 3.94. The molecule has 1 rings (SSSR count). The summed E-state index contributed by atoms with van der Waals surface area (Å²) in [6, 6.07) is 0.812. The van der Waals surface area contributed by atoms with Crippen LogP contribution >= 0.6 is 0 Å². The van der Waals surface area contributed by atoms with Gasteiger partial charge >= 0.3 is 0 Å². The van der Waals surface area contributed by atoms with E-state index in [4.69, 9.17) is 5.73 Å². The predicted molar refractivity (Wildman–Crippen MR) is 57.7 cm³/mol. The molecule has 1 saturated carbocycles. The summed E-state index contributed by atoms with van der Waals surface area (Å²) < 4.78 is 0. The van der Waals surface area contributed by atoms with Crippen LogP contribution in [0, 0.1) is 5.92 Å². The molecule has 1 aliphatic rings. The second-order valence-electron chi connectivity index (χ2n) is 5.14. The molecular formula is C11H24N2. The highest BCUT2D eigenvalue weighted by Gasteiger charge is 2.37. The van der Waals surface area contributed by atoms with E-state index in [0.29, 0.717) is 0 Å². The lowest BCUT2D eigenvalue weighted by Crippen LogP contribution is -2.51. The van der Waals surface area contributed by atoms with Crippen molar-refractivity contribution in [2.24, 2.45) is 11.7 Å². The molecule has 0 aliphatic heterocycles. The zero-order valence-corrected chi connectivity index (χ0v) is 9.51. The van der Waals surface area contributed by atoms with Crippen LogP contribution in [-0.2, 0) is 0 Å². The fraction of sp³-hybridized carbons (Fsp3) is 1.00. The van der Waals surface area contributed by atoms with Crippen LogP contribution < -0.4 is 5.73 Å². The van der Waals surface area contributed by atoms with E-state index >= 15 is 0 Å². The Balaban J connectivity index is 2.55. The van der Waals surface area contributed by atoms with Crippen molar-refractivity contribution in [3.05, 3.63) is 0 Å². The Kier molecular flexibility index (Phi) is 3.36. The van der Waals surface area contributed by atoms with Crippen LogP contribution in [0.25, 0.3) is 0 Å². The van der Waals surface area contributed by atoms with E-state index in [9.17, 15) is 0 Å². The molecule has 0 radical (unpaired) electrons. The van der Waals surface area contributed by atoms with E-state index in [2.05, 4.69) is 32.7 Å². The molecule has 0 amide bonds. The van der Waals surface area contributed by atoms with Crippen molar-refractivity contribution in [3.63, 3.8) is 0 Å². The molecule has 0 aromatic rings. The molecule has 2 N–H and O–H groups in total. The molecule has 2 nitrogen and oxygen atoms in total. The first-order chi connectivity index (χ1) is 5.99. The van der Waals surface area contributed by atoms with Crippen LogP contribution in [-0.4, -0.2) is 30.1 Å². The minimum absolute atomic E-state index is 0.218. The number of rotatable bonds is 5. The summed E-state index contributed by atoms with van der Waals surface area (Å²) in [4.78, 5) is 2.49. The Morgan fingerprint density at radius 2 is 2.00 bits per heavy atom. The fourth-order valence-corrected chi connectivity index (χ4v) is 2.15. The van der Waals surface area contributed by atoms with E-state index in [1.165, 1.54) is 19.3 Å². The minimum Gasteiger partial charge on any atom is -0.329 e. The molecule has 0 aromatic heterocycles. The maximum absolute atomic E-state index is 5.88. The van der Waals surface area contributed by atoms with E-state index < -0.39 is 0 Å². The van der Waals surface area contributed by atoms with Gasteiger partial charge in [0.1, 0.15) is 0 Å². The van der Waals surface area contributed by atoms with Crippen LogP contribution in [0.4, 0.5) is 0 Å². The van der Waals surface area contributed by atoms with E-state index in [1.54, 1.807) is 0 Å². The first kappa shape index (κ1) is 11.0. The van der Waals surface area contributed by atoms with Crippen molar-refractivity contribution in [1.29, 1.82) is 0 Å². The van der Waals surface area contributed by atoms with Gasteiger partial charge in [0.05, 0.1) is 0 Å². The van der Waals surface area contributed by atoms with Gasteiger partial charge in [0, 0.05) is 18.1 Å². The Labute approximate surface area is 82.5 Å². The van der Waals surface area contributed by atoms with Gasteiger partial charge in [0.2, 0.25) is 0 Å². The molecule has 1 atom stereocenters. The fourth-order valence-electron chi connectivity index (χ4n) is 2.15. The Morgan fingerprint density at radius 3 is 2.31 bits per heavy atom. The van der Waals surface area contributed by atoms with Crippen molar-refractivity contribution >= 4 is 0 Å². The van der Waals surface area contributed by atoms with Gasteiger partial charge in [-0.3, -0.25) is 4.90 Å². The summed E-state index contributed by atoms with van der Waals surface area (Å²) in [5.74, 6) is 0.731. The van der Waals surface area contributed by atoms with Gasteiger partial charge in [-0.15, -0.1) is 0 Å². The molecule has 0 bridgehead atoms. The monoisotopic (exact) mass is 184 g/mol. The predicted octanol–water partition coefficient (Wildman–Crippen LogP) is 1.84. The third-order valence-electron chi connectivity index (χ3n) is 3.23. The molecule has 1 unspecified atom stereocenters. The standard InChI is InChI=1S/C11H24N2/c1-9(2)7-11(3,8-12)13(4)10-5-6-10/h9-10H,5-8,12H2,1-4H3. The largest absolute Gasteiger partial charge is 0.329 e. The first-order valence-corrected chi connectivity index (χ1v) is 5.42. The lowest BCUT2D eigenvalue weighted by molar-refractivity contribution is 0.111. The Morgan fingerprint density at radius 1 is 1.46 bits per heavy atom. The maximum Gasteiger partial charge on any atom is 0.0305 e. The average Bonchev–Trinajstić information content (AvgIpc) is 2.84. The lowest BCUT2D eigenvalue weighted by atomic mass is 9.89. The summed E-state index contributed by atoms with van der Waals surface area (Å²) in [6.45, 7) is 7.62. The number of hydrogen-bond acceptors (Lipinski definition) is 2. The molecule has 1 aliphatic carbocycles. The third kappa shape index (κ3) is 2.68. The molecule has 2 heteroatoms. The van der Waals surface area contributed by atoms with Gasteiger partial charge in [-0.25, -0.2) is 0 Å². The SMILES string of the molecule is CC(C)CC(C)(CN)N(C)C1CC1. The van der Waals surface area contributed by atoms with Crippen LogP contribution in [0.3, 0.4) is 0 Å². The van der Waals surface area contributed by atoms with Crippen molar-refractivity contribution in [1.82, 2.24) is 4.90 Å². The van der Waals surface area contributed by atoms with Gasteiger partial charge in [-0.2, -0.15) is 0 Å². The Bertz CT molecular complexity index is 163. The molecule has 0 spiro atoms. The normalized spacial score (nSPS) is 22.4. The average molecular weight is 184 g/mol. The van der Waals surface area contributed by atoms with Gasteiger partial charge < -0.3 is 5.73 Å². The second-order valence-corrected chi connectivity index (χ2v) is 5.14. The molecule has 0 aromatic carbocycles. The molecule has 0 saturated heterocycles. The van der Waals surface area contributed by atoms with Crippen molar-refractivity contribution < 1.29 is 0 Å². The van der Waals surface area contributed by atoms with Crippen molar-refractivity contribution in [3.8, 4) is 0 Å². The van der Waals surface area contributed by atoms with E-state index in [0.717, 1.165) is 18.5 Å². The molecular weight excluding hydrogens is 160 g/mol. The Hall–Kier alpha value is -0.0800. The van der Waals surface area contributed by atoms with Crippen LogP contribution in [0.2, 0.25) is 0 Å². The second kappa shape index (κ2) is 3.97. The number of nitrogens with zero attached hydrogens (tertiary/aromatic N) is 1. The molecule has 78 valence electrons. The summed E-state index contributed by atoms with van der Waals surface area (Å²) in [5, 5.41) is 0. The first-order valence-electron chi connectivity index (χ1n) is 5.42. The molecule has 0 heterocycles. The number of hydrogen-bond donors (Lipinski definition) is 1. The van der Waals surface area contributed by atoms with Crippen LogP contribution in [0.15, 0.2) is 0 Å². The van der Waals surface area contributed by atoms with Gasteiger partial charge in [-0.05, 0) is 39.2 Å². The zero-order chi connectivity index (χ0) is 10.1. The third-order valence-corrected chi connectivity index (χ3v) is 3.23. The highest BCUT2D eigenvalue weighted by Crippen LogP contribution is 2.33. The van der Waals surface area contributed by atoms with E-state index in [-0.39, 0.29) is 5.54 Å².